The van der Waals surface area contributed by atoms with E-state index in [0.29, 0.717) is 80.0 Å². The molecule has 0 aliphatic heterocycles. The Balaban J connectivity index is 1.14. The molecule has 0 bridgehead atoms. The minimum absolute atomic E-state index is 0.249. The van der Waals surface area contributed by atoms with E-state index in [1.54, 1.807) is 32.2 Å². The minimum Gasteiger partial charge on any atom is -0.462 e. The maximum Gasteiger partial charge on any atom is 0.338 e. The normalized spacial score (nSPS) is 12.8. The number of carbonyl (C=O) groups is 2. The summed E-state index contributed by atoms with van der Waals surface area (Å²) in [6.07, 6.45) is 2.89. The molecule has 1 heterocycles. The first-order valence-corrected chi connectivity index (χ1v) is 14.7. The standard InChI is InChI=1S/C34H37FN2O6/c1-3-42-34(39)25-6-4-5-22(19-25)13-15-40-17-18-41-16-14-37-29-21-30-28(20-27(29)23-7-8-23)31(33(38)36-2)32(43-30)24-9-11-26(35)12-10-24/h4-6,9-12,19-21,23,37H,3,7-8,13-18H2,1-2H3,(H,36,38). The Kier molecular flexibility index (Phi) is 10.1. The van der Waals surface area contributed by atoms with Gasteiger partial charge in [0.1, 0.15) is 17.2 Å². The molecule has 2 N–H and O–H groups in total. The first kappa shape index (κ1) is 30.3. The van der Waals surface area contributed by atoms with Crippen molar-refractivity contribution < 1.29 is 32.6 Å². The molecule has 1 aliphatic carbocycles. The van der Waals surface area contributed by atoms with Crippen LogP contribution in [0.3, 0.4) is 0 Å². The Morgan fingerprint density at radius 1 is 0.977 bits per heavy atom. The zero-order valence-corrected chi connectivity index (χ0v) is 24.5. The molecule has 5 rings (SSSR count). The minimum atomic E-state index is -0.351. The van der Waals surface area contributed by atoms with Gasteiger partial charge < -0.3 is 29.3 Å². The lowest BCUT2D eigenvalue weighted by Gasteiger charge is -2.13. The molecule has 9 heteroatoms. The number of hydrogen-bond acceptors (Lipinski definition) is 7. The highest BCUT2D eigenvalue weighted by Gasteiger charge is 2.29. The molecule has 1 amide bonds. The Bertz CT molecular complexity index is 1560. The van der Waals surface area contributed by atoms with Crippen molar-refractivity contribution in [2.24, 2.45) is 0 Å². The lowest BCUT2D eigenvalue weighted by atomic mass is 10.0. The summed E-state index contributed by atoms with van der Waals surface area (Å²) in [6.45, 7) is 4.69. The Hall–Kier alpha value is -4.21. The van der Waals surface area contributed by atoms with E-state index in [2.05, 4.69) is 10.6 Å². The highest BCUT2D eigenvalue weighted by molar-refractivity contribution is 6.11. The van der Waals surface area contributed by atoms with Gasteiger partial charge in [-0.3, -0.25) is 4.79 Å². The molecule has 1 aromatic heterocycles. The van der Waals surface area contributed by atoms with Crippen LogP contribution in [0, 0.1) is 5.82 Å². The van der Waals surface area contributed by atoms with E-state index < -0.39 is 0 Å². The summed E-state index contributed by atoms with van der Waals surface area (Å²) < 4.78 is 36.3. The number of carbonyl (C=O) groups excluding carboxylic acids is 2. The number of hydrogen-bond donors (Lipinski definition) is 2. The Morgan fingerprint density at radius 3 is 2.47 bits per heavy atom. The van der Waals surface area contributed by atoms with Gasteiger partial charge in [-0.2, -0.15) is 0 Å². The second kappa shape index (κ2) is 14.3. The molecule has 1 aliphatic rings. The molecule has 0 radical (unpaired) electrons. The third-order valence-corrected chi connectivity index (χ3v) is 7.34. The number of anilines is 1. The van der Waals surface area contributed by atoms with Gasteiger partial charge in [-0.15, -0.1) is 0 Å². The Labute approximate surface area is 250 Å². The Morgan fingerprint density at radius 2 is 1.74 bits per heavy atom. The van der Waals surface area contributed by atoms with E-state index in [1.807, 2.05) is 30.3 Å². The summed E-state index contributed by atoms with van der Waals surface area (Å²) in [5, 5.41) is 6.93. The third kappa shape index (κ3) is 7.60. The largest absolute Gasteiger partial charge is 0.462 e. The molecule has 1 fully saturated rings. The number of esters is 1. The van der Waals surface area contributed by atoms with Crippen molar-refractivity contribution >= 4 is 28.5 Å². The molecule has 43 heavy (non-hydrogen) atoms. The van der Waals surface area contributed by atoms with Crippen molar-refractivity contribution in [3.8, 4) is 11.3 Å². The molecule has 0 saturated heterocycles. The maximum atomic E-state index is 13.6. The van der Waals surface area contributed by atoms with E-state index in [9.17, 15) is 14.0 Å². The van der Waals surface area contributed by atoms with Crippen molar-refractivity contribution in [2.75, 3.05) is 51.9 Å². The average molecular weight is 589 g/mol. The molecule has 226 valence electrons. The monoisotopic (exact) mass is 588 g/mol. The molecule has 0 spiro atoms. The number of benzene rings is 3. The van der Waals surface area contributed by atoms with Crippen LogP contribution in [0.25, 0.3) is 22.3 Å². The van der Waals surface area contributed by atoms with Gasteiger partial charge in [0.25, 0.3) is 5.91 Å². The summed E-state index contributed by atoms with van der Waals surface area (Å²) in [4.78, 5) is 24.8. The van der Waals surface area contributed by atoms with Crippen molar-refractivity contribution in [3.63, 3.8) is 0 Å². The van der Waals surface area contributed by atoms with Crippen LogP contribution in [0.5, 0.6) is 0 Å². The fraction of sp³-hybridized carbons (Fsp3) is 0.353. The number of nitrogens with one attached hydrogen (secondary N) is 2. The average Bonchev–Trinajstić information content (AvgIpc) is 3.80. The highest BCUT2D eigenvalue weighted by atomic mass is 19.1. The van der Waals surface area contributed by atoms with Crippen molar-refractivity contribution in [3.05, 3.63) is 88.7 Å². The zero-order chi connectivity index (χ0) is 30.2. The number of fused-ring (bicyclic) bond motifs is 1. The molecule has 4 aromatic rings. The fourth-order valence-corrected chi connectivity index (χ4v) is 5.04. The van der Waals surface area contributed by atoms with E-state index in [4.69, 9.17) is 18.6 Å². The molecule has 1 saturated carbocycles. The van der Waals surface area contributed by atoms with Crippen LogP contribution < -0.4 is 10.6 Å². The van der Waals surface area contributed by atoms with Crippen LogP contribution in [-0.2, 0) is 20.6 Å². The van der Waals surface area contributed by atoms with E-state index >= 15 is 0 Å². The summed E-state index contributed by atoms with van der Waals surface area (Å²) in [7, 11) is 1.59. The van der Waals surface area contributed by atoms with Gasteiger partial charge in [0.15, 0.2) is 0 Å². The van der Waals surface area contributed by atoms with Gasteiger partial charge >= 0.3 is 5.97 Å². The van der Waals surface area contributed by atoms with Crippen LogP contribution in [0.15, 0.2) is 65.1 Å². The second-order valence-electron chi connectivity index (χ2n) is 10.4. The van der Waals surface area contributed by atoms with Crippen LogP contribution >= 0.6 is 0 Å². The summed E-state index contributed by atoms with van der Waals surface area (Å²) in [6, 6.07) is 17.3. The highest BCUT2D eigenvalue weighted by Crippen LogP contribution is 2.46. The molecular formula is C34H37FN2O6. The summed E-state index contributed by atoms with van der Waals surface area (Å²) in [5.74, 6) is -0.0645. The lowest BCUT2D eigenvalue weighted by Crippen LogP contribution is -2.18. The van der Waals surface area contributed by atoms with Crippen molar-refractivity contribution in [1.29, 1.82) is 0 Å². The molecule has 0 atom stereocenters. The van der Waals surface area contributed by atoms with Crippen LogP contribution in [-0.4, -0.2) is 58.5 Å². The van der Waals surface area contributed by atoms with Crippen molar-refractivity contribution in [2.45, 2.75) is 32.1 Å². The number of halogens is 1. The van der Waals surface area contributed by atoms with E-state index in [1.165, 1.54) is 12.1 Å². The van der Waals surface area contributed by atoms with Gasteiger partial charge in [-0.25, -0.2) is 9.18 Å². The first-order chi connectivity index (χ1) is 21.0. The smallest absolute Gasteiger partial charge is 0.338 e. The number of rotatable bonds is 15. The quantitative estimate of drug-likeness (QED) is 0.124. The summed E-state index contributed by atoms with van der Waals surface area (Å²) >= 11 is 0. The fourth-order valence-electron chi connectivity index (χ4n) is 5.04. The van der Waals surface area contributed by atoms with Gasteiger partial charge in [0.2, 0.25) is 0 Å². The van der Waals surface area contributed by atoms with E-state index in [0.717, 1.165) is 35.0 Å². The molecular weight excluding hydrogens is 551 g/mol. The number of amides is 1. The predicted octanol–water partition coefficient (Wildman–Crippen LogP) is 6.34. The molecule has 8 nitrogen and oxygen atoms in total. The maximum absolute atomic E-state index is 13.6. The topological polar surface area (TPSA) is 99.0 Å². The summed E-state index contributed by atoms with van der Waals surface area (Å²) in [5.41, 5.74) is 5.36. The SMILES string of the molecule is CCOC(=O)c1cccc(CCOCCOCCNc2cc3oc(-c4ccc(F)cc4)c(C(=O)NC)c3cc2C2CC2)c1. The zero-order valence-electron chi connectivity index (χ0n) is 24.5. The molecule has 3 aromatic carbocycles. The number of furan rings is 1. The van der Waals surface area contributed by atoms with Gasteiger partial charge in [0.05, 0.1) is 44.2 Å². The van der Waals surface area contributed by atoms with Gasteiger partial charge in [0, 0.05) is 36.3 Å². The number of ether oxygens (including phenoxy) is 3. The first-order valence-electron chi connectivity index (χ1n) is 14.7. The van der Waals surface area contributed by atoms with Crippen molar-refractivity contribution in [1.82, 2.24) is 5.32 Å². The third-order valence-electron chi connectivity index (χ3n) is 7.34. The second-order valence-corrected chi connectivity index (χ2v) is 10.4. The van der Waals surface area contributed by atoms with Gasteiger partial charge in [-0.1, -0.05) is 12.1 Å². The molecule has 0 unspecified atom stereocenters. The van der Waals surface area contributed by atoms with Gasteiger partial charge in [-0.05, 0) is 85.7 Å². The lowest BCUT2D eigenvalue weighted by molar-refractivity contribution is 0.0521. The van der Waals surface area contributed by atoms with Crippen LogP contribution in [0.1, 0.15) is 57.5 Å². The van der Waals surface area contributed by atoms with E-state index in [-0.39, 0.29) is 17.7 Å². The van der Waals surface area contributed by atoms with Crippen LogP contribution in [0.2, 0.25) is 0 Å². The van der Waals surface area contributed by atoms with Crippen LogP contribution in [0.4, 0.5) is 10.1 Å². The predicted molar refractivity (Wildman–Crippen MR) is 163 cm³/mol.